The summed E-state index contributed by atoms with van der Waals surface area (Å²) in [7, 11) is 0. The Hall–Kier alpha value is -2.28. The summed E-state index contributed by atoms with van der Waals surface area (Å²) < 4.78 is 5.43. The number of thioether (sulfide) groups is 1. The molecule has 146 valence electrons. The fourth-order valence-corrected chi connectivity index (χ4v) is 4.90. The van der Waals surface area contributed by atoms with Crippen LogP contribution in [0.4, 0.5) is 0 Å². The predicted molar refractivity (Wildman–Crippen MR) is 108 cm³/mol. The van der Waals surface area contributed by atoms with Gasteiger partial charge in [-0.1, -0.05) is 23.4 Å². The Morgan fingerprint density at radius 1 is 1.29 bits per heavy atom. The quantitative estimate of drug-likeness (QED) is 0.638. The van der Waals surface area contributed by atoms with Gasteiger partial charge in [0.2, 0.25) is 11.8 Å². The van der Waals surface area contributed by atoms with E-state index in [1.54, 1.807) is 11.8 Å². The number of benzene rings is 1. The van der Waals surface area contributed by atoms with E-state index in [2.05, 4.69) is 27.3 Å². The number of nitrogens with one attached hydrogen (secondary N) is 1. The molecule has 1 saturated heterocycles. The summed E-state index contributed by atoms with van der Waals surface area (Å²) >= 11 is 1.61. The lowest BCUT2D eigenvalue weighted by molar-refractivity contribution is -0.130. The molecule has 1 amide bonds. The van der Waals surface area contributed by atoms with Crippen LogP contribution in [0.3, 0.4) is 0 Å². The third kappa shape index (κ3) is 3.81. The minimum absolute atomic E-state index is 0.212. The molecule has 1 aromatic carbocycles. The normalized spacial score (nSPS) is 20.0. The maximum Gasteiger partial charge on any atom is 0.232 e. The molecule has 0 radical (unpaired) electrons. The summed E-state index contributed by atoms with van der Waals surface area (Å²) in [6.07, 6.45) is 7.28. The van der Waals surface area contributed by atoms with Crippen LogP contribution in [0.1, 0.15) is 43.3 Å². The lowest BCUT2D eigenvalue weighted by Gasteiger charge is -2.32. The smallest absolute Gasteiger partial charge is 0.232 e. The first kappa shape index (κ1) is 17.8. The molecule has 2 fully saturated rings. The number of hydrogen-bond donors (Lipinski definition) is 1. The van der Waals surface area contributed by atoms with Gasteiger partial charge in [-0.2, -0.15) is 4.98 Å². The summed E-state index contributed by atoms with van der Waals surface area (Å²) in [5, 5.41) is 5.29. The molecule has 2 aromatic heterocycles. The third-order valence-electron chi connectivity index (χ3n) is 5.66. The van der Waals surface area contributed by atoms with E-state index in [0.29, 0.717) is 17.6 Å². The fourth-order valence-electron chi connectivity index (χ4n) is 3.96. The lowest BCUT2D eigenvalue weighted by atomic mass is 9.95. The van der Waals surface area contributed by atoms with Crippen molar-refractivity contribution in [2.45, 2.75) is 42.9 Å². The van der Waals surface area contributed by atoms with Crippen LogP contribution in [0.25, 0.3) is 10.9 Å². The number of hydrogen-bond acceptors (Lipinski definition) is 5. The van der Waals surface area contributed by atoms with E-state index in [1.165, 1.54) is 18.2 Å². The molecule has 28 heavy (non-hydrogen) atoms. The third-order valence-corrected chi connectivity index (χ3v) is 6.70. The summed E-state index contributed by atoms with van der Waals surface area (Å²) in [4.78, 5) is 23.7. The largest absolute Gasteiger partial charge is 0.360 e. The van der Waals surface area contributed by atoms with Crippen molar-refractivity contribution in [1.29, 1.82) is 0 Å². The average molecular weight is 397 g/mol. The number of para-hydroxylation sites is 1. The van der Waals surface area contributed by atoms with Crippen molar-refractivity contribution in [3.05, 3.63) is 42.2 Å². The van der Waals surface area contributed by atoms with Crippen molar-refractivity contribution in [1.82, 2.24) is 20.0 Å². The lowest BCUT2D eigenvalue weighted by Crippen LogP contribution is -2.41. The number of carbonyl (C=O) groups is 1. The topological polar surface area (TPSA) is 75.0 Å². The molecule has 5 rings (SSSR count). The summed E-state index contributed by atoms with van der Waals surface area (Å²) in [5.41, 5.74) is 1.11. The number of fused-ring (bicyclic) bond motifs is 1. The molecule has 2 aliphatic rings. The highest BCUT2D eigenvalue weighted by atomic mass is 32.2. The van der Waals surface area contributed by atoms with Gasteiger partial charge in [0.15, 0.2) is 5.82 Å². The zero-order valence-corrected chi connectivity index (χ0v) is 16.6. The molecular weight excluding hydrogens is 372 g/mol. The molecule has 3 aromatic rings. The van der Waals surface area contributed by atoms with E-state index >= 15 is 0 Å². The number of likely N-dealkylation sites (tertiary alicyclic amines) is 1. The zero-order valence-electron chi connectivity index (χ0n) is 15.8. The minimum atomic E-state index is 0.212. The molecule has 7 heteroatoms. The van der Waals surface area contributed by atoms with Crippen molar-refractivity contribution in [2.75, 3.05) is 18.8 Å². The van der Waals surface area contributed by atoms with Crippen LogP contribution in [-0.4, -0.2) is 44.8 Å². The molecule has 1 aliphatic heterocycles. The van der Waals surface area contributed by atoms with Crippen LogP contribution < -0.4 is 0 Å². The molecule has 6 nitrogen and oxygen atoms in total. The van der Waals surface area contributed by atoms with Crippen LogP contribution >= 0.6 is 11.8 Å². The maximum atomic E-state index is 12.8. The highest BCUT2D eigenvalue weighted by molar-refractivity contribution is 8.00. The number of rotatable bonds is 6. The van der Waals surface area contributed by atoms with Crippen molar-refractivity contribution in [2.24, 2.45) is 5.92 Å². The Kier molecular flexibility index (Phi) is 4.84. The summed E-state index contributed by atoms with van der Waals surface area (Å²) in [6, 6.07) is 8.20. The van der Waals surface area contributed by atoms with Gasteiger partial charge in [-0.3, -0.25) is 4.79 Å². The van der Waals surface area contributed by atoms with Crippen molar-refractivity contribution in [3.63, 3.8) is 0 Å². The Bertz CT molecular complexity index is 978. The number of carbonyl (C=O) groups excluding carboxylic acids is 1. The van der Waals surface area contributed by atoms with Gasteiger partial charge in [-0.15, -0.1) is 11.8 Å². The number of nitrogens with zero attached hydrogens (tertiary/aromatic N) is 3. The Balaban J connectivity index is 1.16. The minimum Gasteiger partial charge on any atom is -0.360 e. The van der Waals surface area contributed by atoms with Gasteiger partial charge in [-0.05, 0) is 37.7 Å². The molecule has 1 N–H and O–H groups in total. The SMILES string of the molecule is O=C(CSc1c[nH]c2ccccc12)N1CCCC(Cc2nc(C3CC3)no2)C1. The number of H-pyrrole nitrogens is 1. The molecule has 0 spiro atoms. The Labute approximate surface area is 168 Å². The van der Waals surface area contributed by atoms with Crippen molar-refractivity contribution < 1.29 is 9.32 Å². The van der Waals surface area contributed by atoms with Gasteiger partial charge in [0.05, 0.1) is 5.75 Å². The van der Waals surface area contributed by atoms with Crippen LogP contribution in [0.5, 0.6) is 0 Å². The number of aromatic nitrogens is 3. The number of piperidine rings is 1. The second-order valence-corrected chi connectivity index (χ2v) is 8.88. The van der Waals surface area contributed by atoms with Crippen LogP contribution in [0, 0.1) is 5.92 Å². The van der Waals surface area contributed by atoms with Crippen molar-refractivity contribution >= 4 is 28.6 Å². The Morgan fingerprint density at radius 2 is 2.18 bits per heavy atom. The molecular formula is C21H24N4O2S. The number of aromatic amines is 1. The van der Waals surface area contributed by atoms with E-state index in [9.17, 15) is 4.79 Å². The first-order valence-corrected chi connectivity index (χ1v) is 11.0. The van der Waals surface area contributed by atoms with Gasteiger partial charge >= 0.3 is 0 Å². The fraction of sp³-hybridized carbons (Fsp3) is 0.476. The molecule has 1 saturated carbocycles. The van der Waals surface area contributed by atoms with E-state index in [0.717, 1.165) is 54.5 Å². The van der Waals surface area contributed by atoms with Gasteiger partial charge in [0, 0.05) is 47.4 Å². The molecule has 1 aliphatic carbocycles. The van der Waals surface area contributed by atoms with Gasteiger partial charge in [0.25, 0.3) is 0 Å². The molecule has 0 bridgehead atoms. The van der Waals surface area contributed by atoms with E-state index in [1.807, 2.05) is 23.2 Å². The second kappa shape index (κ2) is 7.62. The predicted octanol–water partition coefficient (Wildman–Crippen LogP) is 4.00. The van der Waals surface area contributed by atoms with Crippen LogP contribution in [0.15, 0.2) is 39.9 Å². The van der Waals surface area contributed by atoms with Gasteiger partial charge in [-0.25, -0.2) is 0 Å². The first-order valence-electron chi connectivity index (χ1n) is 10.1. The average Bonchev–Trinajstić information content (AvgIpc) is 3.34. The van der Waals surface area contributed by atoms with E-state index in [-0.39, 0.29) is 5.91 Å². The van der Waals surface area contributed by atoms with E-state index < -0.39 is 0 Å². The highest BCUT2D eigenvalue weighted by Gasteiger charge is 2.30. The standard InChI is InChI=1S/C21H24N4O2S/c26-20(13-28-18-11-22-17-6-2-1-5-16(17)18)25-9-3-4-14(12-25)10-19-23-21(24-27-19)15-7-8-15/h1-2,5-6,11,14-15,22H,3-4,7-10,12-13H2. The van der Waals surface area contributed by atoms with Crippen LogP contribution in [-0.2, 0) is 11.2 Å². The Morgan fingerprint density at radius 3 is 3.07 bits per heavy atom. The number of amides is 1. The second-order valence-electron chi connectivity index (χ2n) is 7.86. The summed E-state index contributed by atoms with van der Waals surface area (Å²) in [5.74, 6) is 3.21. The zero-order chi connectivity index (χ0) is 18.9. The highest BCUT2D eigenvalue weighted by Crippen LogP contribution is 2.38. The van der Waals surface area contributed by atoms with E-state index in [4.69, 9.17) is 4.52 Å². The monoisotopic (exact) mass is 396 g/mol. The summed E-state index contributed by atoms with van der Waals surface area (Å²) in [6.45, 7) is 1.63. The van der Waals surface area contributed by atoms with Gasteiger partial charge < -0.3 is 14.4 Å². The molecule has 1 unspecified atom stereocenters. The molecule has 3 heterocycles. The first-order chi connectivity index (χ1) is 13.8. The van der Waals surface area contributed by atoms with Gasteiger partial charge in [0.1, 0.15) is 0 Å². The van der Waals surface area contributed by atoms with Crippen LogP contribution in [0.2, 0.25) is 0 Å². The molecule has 1 atom stereocenters. The van der Waals surface area contributed by atoms with Crippen molar-refractivity contribution in [3.8, 4) is 0 Å². The maximum absolute atomic E-state index is 12.8.